The number of methoxy groups -OCH3 is 1. The summed E-state index contributed by atoms with van der Waals surface area (Å²) in [6.07, 6.45) is 1.12. The Labute approximate surface area is 159 Å². The number of carbonyl (C=O) groups is 1. The first-order chi connectivity index (χ1) is 12.6. The van der Waals surface area contributed by atoms with Gasteiger partial charge in [0.1, 0.15) is 11.6 Å². The normalized spacial score (nSPS) is 11.9. The van der Waals surface area contributed by atoms with Crippen molar-refractivity contribution in [1.82, 2.24) is 4.57 Å². The maximum absolute atomic E-state index is 12.9. The second kappa shape index (κ2) is 8.51. The SMILES string of the molecule is COc1ccc2c(c1)sc(=NC(=O)CCCSc1ccc(F)cc1)n2C. The van der Waals surface area contributed by atoms with Gasteiger partial charge in [0, 0.05) is 18.4 Å². The number of halogens is 1. The van der Waals surface area contributed by atoms with E-state index in [4.69, 9.17) is 4.74 Å². The molecule has 0 radical (unpaired) electrons. The number of aromatic nitrogens is 1. The van der Waals surface area contributed by atoms with Crippen LogP contribution in [0.25, 0.3) is 10.2 Å². The lowest BCUT2D eigenvalue weighted by molar-refractivity contribution is -0.118. The first-order valence-corrected chi connectivity index (χ1v) is 9.96. The number of rotatable bonds is 6. The Bertz CT molecular complexity index is 977. The Morgan fingerprint density at radius 3 is 2.77 bits per heavy atom. The molecule has 26 heavy (non-hydrogen) atoms. The standard InChI is InChI=1S/C19H19FN2O2S2/c1-22-16-10-7-14(24-2)12-17(16)26-19(22)21-18(23)4-3-11-25-15-8-5-13(20)6-9-15/h5-10,12H,3-4,11H2,1-2H3. The van der Waals surface area contributed by atoms with Crippen molar-refractivity contribution < 1.29 is 13.9 Å². The Balaban J connectivity index is 1.60. The van der Waals surface area contributed by atoms with Crippen molar-refractivity contribution in [2.45, 2.75) is 17.7 Å². The van der Waals surface area contributed by atoms with Gasteiger partial charge in [-0.15, -0.1) is 11.8 Å². The minimum Gasteiger partial charge on any atom is -0.497 e. The number of benzene rings is 2. The van der Waals surface area contributed by atoms with Gasteiger partial charge >= 0.3 is 0 Å². The highest BCUT2D eigenvalue weighted by atomic mass is 32.2. The monoisotopic (exact) mass is 390 g/mol. The summed E-state index contributed by atoms with van der Waals surface area (Å²) < 4.78 is 21.1. The van der Waals surface area contributed by atoms with Crippen LogP contribution in [0.1, 0.15) is 12.8 Å². The van der Waals surface area contributed by atoms with Gasteiger partial charge in [-0.1, -0.05) is 11.3 Å². The third-order valence-corrected chi connectivity index (χ3v) is 6.05. The van der Waals surface area contributed by atoms with Crippen molar-refractivity contribution in [2.24, 2.45) is 12.0 Å². The zero-order valence-electron chi connectivity index (χ0n) is 14.6. The lowest BCUT2D eigenvalue weighted by atomic mass is 10.3. The van der Waals surface area contributed by atoms with Gasteiger partial charge < -0.3 is 9.30 Å². The molecule has 0 saturated heterocycles. The third kappa shape index (κ3) is 4.53. The topological polar surface area (TPSA) is 43.6 Å². The van der Waals surface area contributed by atoms with Crippen LogP contribution in [0.4, 0.5) is 4.39 Å². The van der Waals surface area contributed by atoms with Gasteiger partial charge in [0.25, 0.3) is 0 Å². The maximum atomic E-state index is 12.9. The summed E-state index contributed by atoms with van der Waals surface area (Å²) in [5.74, 6) is 1.22. The van der Waals surface area contributed by atoms with Crippen molar-refractivity contribution >= 4 is 39.2 Å². The molecule has 3 rings (SSSR count). The summed E-state index contributed by atoms with van der Waals surface area (Å²) in [5, 5.41) is 0. The van der Waals surface area contributed by atoms with E-state index in [1.165, 1.54) is 23.5 Å². The number of fused-ring (bicyclic) bond motifs is 1. The van der Waals surface area contributed by atoms with Crippen molar-refractivity contribution in [3.8, 4) is 5.75 Å². The van der Waals surface area contributed by atoms with E-state index in [9.17, 15) is 9.18 Å². The minimum absolute atomic E-state index is 0.126. The van der Waals surface area contributed by atoms with Crippen LogP contribution < -0.4 is 9.54 Å². The van der Waals surface area contributed by atoms with E-state index in [-0.39, 0.29) is 11.7 Å². The van der Waals surface area contributed by atoms with E-state index in [2.05, 4.69) is 4.99 Å². The van der Waals surface area contributed by atoms with Crippen molar-refractivity contribution in [3.63, 3.8) is 0 Å². The third-order valence-electron chi connectivity index (χ3n) is 3.85. The van der Waals surface area contributed by atoms with Gasteiger partial charge in [0.05, 0.1) is 17.3 Å². The molecular formula is C19H19FN2O2S2. The molecule has 1 aromatic heterocycles. The van der Waals surface area contributed by atoms with E-state index in [0.29, 0.717) is 11.2 Å². The molecule has 0 bridgehead atoms. The largest absolute Gasteiger partial charge is 0.497 e. The second-order valence-corrected chi connectivity index (χ2v) is 7.87. The predicted molar refractivity (Wildman–Crippen MR) is 104 cm³/mol. The summed E-state index contributed by atoms with van der Waals surface area (Å²) in [7, 11) is 3.54. The summed E-state index contributed by atoms with van der Waals surface area (Å²) in [4.78, 5) is 18.1. The predicted octanol–water partition coefficient (Wildman–Crippen LogP) is 4.39. The Morgan fingerprint density at radius 2 is 2.04 bits per heavy atom. The van der Waals surface area contributed by atoms with E-state index >= 15 is 0 Å². The molecule has 0 aliphatic rings. The highest BCUT2D eigenvalue weighted by Crippen LogP contribution is 2.22. The Kier molecular flexibility index (Phi) is 6.11. The fourth-order valence-electron chi connectivity index (χ4n) is 2.45. The average molecular weight is 391 g/mol. The van der Waals surface area contributed by atoms with Crippen LogP contribution in [-0.2, 0) is 11.8 Å². The van der Waals surface area contributed by atoms with Crippen LogP contribution in [0.15, 0.2) is 52.4 Å². The van der Waals surface area contributed by atoms with Crippen molar-refractivity contribution in [1.29, 1.82) is 0 Å². The number of hydrogen-bond acceptors (Lipinski definition) is 4. The zero-order valence-corrected chi connectivity index (χ0v) is 16.2. The smallest absolute Gasteiger partial charge is 0.248 e. The van der Waals surface area contributed by atoms with Gasteiger partial charge in [-0.2, -0.15) is 4.99 Å². The minimum atomic E-state index is -0.239. The summed E-state index contributed by atoms with van der Waals surface area (Å²) in [6.45, 7) is 0. The van der Waals surface area contributed by atoms with Crippen LogP contribution >= 0.6 is 23.1 Å². The molecule has 0 N–H and O–H groups in total. The van der Waals surface area contributed by atoms with E-state index < -0.39 is 0 Å². The molecule has 1 amide bonds. The van der Waals surface area contributed by atoms with Crippen LogP contribution in [0.5, 0.6) is 5.75 Å². The molecule has 0 aliphatic heterocycles. The molecule has 1 heterocycles. The molecule has 0 saturated carbocycles. The molecule has 0 unspecified atom stereocenters. The lowest BCUT2D eigenvalue weighted by Gasteiger charge is -2.00. The number of carbonyl (C=O) groups excluding carboxylic acids is 1. The van der Waals surface area contributed by atoms with Gasteiger partial charge in [-0.25, -0.2) is 4.39 Å². The molecular weight excluding hydrogens is 371 g/mol. The number of ether oxygens (including phenoxy) is 1. The number of hydrogen-bond donors (Lipinski definition) is 0. The summed E-state index contributed by atoms with van der Waals surface area (Å²) in [6, 6.07) is 12.2. The Morgan fingerprint density at radius 1 is 1.27 bits per heavy atom. The molecule has 2 aromatic carbocycles. The van der Waals surface area contributed by atoms with Gasteiger partial charge in [-0.05, 0) is 54.6 Å². The fourth-order valence-corrected chi connectivity index (χ4v) is 4.37. The summed E-state index contributed by atoms with van der Waals surface area (Å²) >= 11 is 3.09. The number of amides is 1. The van der Waals surface area contributed by atoms with E-state index in [1.807, 2.05) is 29.8 Å². The molecule has 4 nitrogen and oxygen atoms in total. The first-order valence-electron chi connectivity index (χ1n) is 8.16. The second-order valence-electron chi connectivity index (χ2n) is 5.69. The molecule has 3 aromatic rings. The highest BCUT2D eigenvalue weighted by molar-refractivity contribution is 7.99. The summed E-state index contributed by atoms with van der Waals surface area (Å²) in [5.41, 5.74) is 1.02. The number of nitrogens with zero attached hydrogens (tertiary/aromatic N) is 2. The fraction of sp³-hybridized carbons (Fsp3) is 0.263. The zero-order chi connectivity index (χ0) is 18.5. The highest BCUT2D eigenvalue weighted by Gasteiger charge is 2.06. The number of thioether (sulfide) groups is 1. The van der Waals surface area contributed by atoms with Crippen molar-refractivity contribution in [2.75, 3.05) is 12.9 Å². The Hall–Kier alpha value is -2.12. The average Bonchev–Trinajstić information content (AvgIpc) is 2.95. The van der Waals surface area contributed by atoms with Crippen molar-refractivity contribution in [3.05, 3.63) is 53.1 Å². The maximum Gasteiger partial charge on any atom is 0.248 e. The molecule has 0 atom stereocenters. The van der Waals surface area contributed by atoms with E-state index in [1.54, 1.807) is 31.0 Å². The van der Waals surface area contributed by atoms with E-state index in [0.717, 1.165) is 33.0 Å². The van der Waals surface area contributed by atoms with Gasteiger partial charge in [0.2, 0.25) is 5.91 Å². The van der Waals surface area contributed by atoms with Crippen LogP contribution in [-0.4, -0.2) is 23.3 Å². The molecule has 0 fully saturated rings. The van der Waals surface area contributed by atoms with Crippen LogP contribution in [0.3, 0.4) is 0 Å². The number of aryl methyl sites for hydroxylation is 1. The molecule has 136 valence electrons. The van der Waals surface area contributed by atoms with Gasteiger partial charge in [0.15, 0.2) is 4.80 Å². The van der Waals surface area contributed by atoms with Gasteiger partial charge in [-0.3, -0.25) is 4.79 Å². The molecule has 7 heteroatoms. The van der Waals surface area contributed by atoms with Crippen LogP contribution in [0.2, 0.25) is 0 Å². The molecule has 0 aliphatic carbocycles. The first kappa shape index (κ1) is 18.7. The lowest BCUT2D eigenvalue weighted by Crippen LogP contribution is -2.13. The quantitative estimate of drug-likeness (QED) is 0.463. The number of thiazole rings is 1. The molecule has 0 spiro atoms. The van der Waals surface area contributed by atoms with Crippen LogP contribution in [0, 0.1) is 5.82 Å².